The Labute approximate surface area is 195 Å². The van der Waals surface area contributed by atoms with Gasteiger partial charge in [0.15, 0.2) is 11.5 Å². The summed E-state index contributed by atoms with van der Waals surface area (Å²) in [7, 11) is 0. The molecule has 0 spiro atoms. The van der Waals surface area contributed by atoms with Crippen molar-refractivity contribution in [3.63, 3.8) is 0 Å². The Morgan fingerprint density at radius 2 is 2.00 bits per heavy atom. The van der Waals surface area contributed by atoms with Crippen molar-refractivity contribution in [1.29, 1.82) is 0 Å². The monoisotopic (exact) mass is 468 g/mol. The average molecular weight is 469 g/mol. The highest BCUT2D eigenvalue weighted by Gasteiger charge is 2.34. The van der Waals surface area contributed by atoms with Crippen LogP contribution in [0.2, 0.25) is 0 Å². The molecule has 1 saturated heterocycles. The minimum Gasteiger partial charge on any atom is -0.494 e. The number of hydrogen-bond acceptors (Lipinski definition) is 7. The lowest BCUT2D eigenvalue weighted by Crippen LogP contribution is -2.37. The number of carbonyl (C=O) groups excluding carboxylic acids is 3. The van der Waals surface area contributed by atoms with Crippen LogP contribution in [0.4, 0.5) is 4.79 Å². The van der Waals surface area contributed by atoms with Crippen LogP contribution in [-0.4, -0.2) is 48.4 Å². The Bertz CT molecular complexity index is 1100. The highest BCUT2D eigenvalue weighted by molar-refractivity contribution is 8.18. The van der Waals surface area contributed by atoms with Crippen molar-refractivity contribution in [3.05, 3.63) is 58.5 Å². The molecule has 1 fully saturated rings. The van der Waals surface area contributed by atoms with Gasteiger partial charge in [-0.3, -0.25) is 19.3 Å². The lowest BCUT2D eigenvalue weighted by molar-refractivity contribution is -0.124. The highest BCUT2D eigenvalue weighted by atomic mass is 32.2. The molecule has 0 saturated carbocycles. The van der Waals surface area contributed by atoms with E-state index < -0.39 is 0 Å². The molecule has 1 N–H and O–H groups in total. The van der Waals surface area contributed by atoms with E-state index in [0.717, 1.165) is 33.5 Å². The predicted octanol–water partition coefficient (Wildman–Crippen LogP) is 3.60. The molecule has 0 bridgehead atoms. The molecule has 2 heterocycles. The molecule has 0 radical (unpaired) electrons. The number of ether oxygens (including phenoxy) is 3. The number of amides is 3. The zero-order chi connectivity index (χ0) is 23.2. The molecule has 2 aliphatic rings. The SMILES string of the molecule is CCOc1ccccc1CCC(=O)NCCN1C(=O)S/C(=C\c2ccc3c(c2)OCO3)C1=O. The maximum Gasteiger partial charge on any atom is 0.293 e. The molecule has 2 aromatic carbocycles. The summed E-state index contributed by atoms with van der Waals surface area (Å²) in [5.74, 6) is 1.51. The van der Waals surface area contributed by atoms with Crippen LogP contribution in [0.15, 0.2) is 47.4 Å². The summed E-state index contributed by atoms with van der Waals surface area (Å²) in [6, 6.07) is 12.9. The molecule has 2 aromatic rings. The van der Waals surface area contributed by atoms with Crippen molar-refractivity contribution in [2.24, 2.45) is 0 Å². The molecule has 4 rings (SSSR count). The van der Waals surface area contributed by atoms with E-state index in [1.54, 1.807) is 24.3 Å². The largest absolute Gasteiger partial charge is 0.494 e. The molecule has 9 heteroatoms. The minimum atomic E-state index is -0.373. The number of para-hydroxylation sites is 1. The van der Waals surface area contributed by atoms with Crippen LogP contribution in [0.3, 0.4) is 0 Å². The zero-order valence-electron chi connectivity index (χ0n) is 18.2. The second-order valence-electron chi connectivity index (χ2n) is 7.34. The van der Waals surface area contributed by atoms with Crippen LogP contribution >= 0.6 is 11.8 Å². The zero-order valence-corrected chi connectivity index (χ0v) is 19.0. The molecule has 33 heavy (non-hydrogen) atoms. The minimum absolute atomic E-state index is 0.115. The van der Waals surface area contributed by atoms with Crippen molar-refractivity contribution in [1.82, 2.24) is 10.2 Å². The molecular weight excluding hydrogens is 444 g/mol. The molecule has 172 valence electrons. The number of benzene rings is 2. The number of fused-ring (bicyclic) bond motifs is 1. The summed E-state index contributed by atoms with van der Waals surface area (Å²) in [6.45, 7) is 2.95. The second-order valence-corrected chi connectivity index (χ2v) is 8.33. The van der Waals surface area contributed by atoms with Gasteiger partial charge in [-0.25, -0.2) is 0 Å². The van der Waals surface area contributed by atoms with Crippen LogP contribution in [0.1, 0.15) is 24.5 Å². The third kappa shape index (κ3) is 5.48. The number of nitrogens with one attached hydrogen (secondary N) is 1. The van der Waals surface area contributed by atoms with Gasteiger partial charge in [-0.1, -0.05) is 24.3 Å². The Hall–Kier alpha value is -3.46. The first-order valence-corrected chi connectivity index (χ1v) is 11.5. The topological polar surface area (TPSA) is 94.2 Å². The van der Waals surface area contributed by atoms with E-state index in [0.29, 0.717) is 29.4 Å². The van der Waals surface area contributed by atoms with E-state index in [4.69, 9.17) is 14.2 Å². The maximum absolute atomic E-state index is 12.7. The molecule has 0 aromatic heterocycles. The van der Waals surface area contributed by atoms with Crippen molar-refractivity contribution >= 4 is 34.9 Å². The Morgan fingerprint density at radius 3 is 2.85 bits per heavy atom. The van der Waals surface area contributed by atoms with Crippen molar-refractivity contribution in [2.75, 3.05) is 26.5 Å². The molecule has 8 nitrogen and oxygen atoms in total. The van der Waals surface area contributed by atoms with E-state index in [1.165, 1.54) is 0 Å². The number of aryl methyl sites for hydroxylation is 1. The molecule has 2 aliphatic heterocycles. The predicted molar refractivity (Wildman–Crippen MR) is 124 cm³/mol. The first-order valence-electron chi connectivity index (χ1n) is 10.7. The third-order valence-electron chi connectivity index (χ3n) is 5.12. The van der Waals surface area contributed by atoms with Gasteiger partial charge < -0.3 is 19.5 Å². The summed E-state index contributed by atoms with van der Waals surface area (Å²) in [4.78, 5) is 38.7. The van der Waals surface area contributed by atoms with Gasteiger partial charge in [0.2, 0.25) is 12.7 Å². The molecule has 3 amide bonds. The van der Waals surface area contributed by atoms with Gasteiger partial charge in [-0.15, -0.1) is 0 Å². The summed E-state index contributed by atoms with van der Waals surface area (Å²) in [6.07, 6.45) is 2.49. The fourth-order valence-electron chi connectivity index (χ4n) is 3.50. The van der Waals surface area contributed by atoms with Gasteiger partial charge in [0.1, 0.15) is 5.75 Å². The summed E-state index contributed by atoms with van der Waals surface area (Å²) < 4.78 is 16.2. The fourth-order valence-corrected chi connectivity index (χ4v) is 4.36. The van der Waals surface area contributed by atoms with Crippen LogP contribution in [0.5, 0.6) is 17.2 Å². The molecular formula is C24H24N2O6S. The first-order chi connectivity index (χ1) is 16.0. The van der Waals surface area contributed by atoms with E-state index >= 15 is 0 Å². The lowest BCUT2D eigenvalue weighted by atomic mass is 10.1. The first kappa shape index (κ1) is 22.7. The van der Waals surface area contributed by atoms with E-state index in [1.807, 2.05) is 31.2 Å². The van der Waals surface area contributed by atoms with Gasteiger partial charge >= 0.3 is 0 Å². The van der Waals surface area contributed by atoms with Crippen LogP contribution in [-0.2, 0) is 16.0 Å². The van der Waals surface area contributed by atoms with Gasteiger partial charge in [-0.05, 0) is 60.5 Å². The molecule has 0 unspecified atom stereocenters. The average Bonchev–Trinajstić information content (AvgIpc) is 3.38. The lowest BCUT2D eigenvalue weighted by Gasteiger charge is -2.13. The van der Waals surface area contributed by atoms with E-state index in [2.05, 4.69) is 5.32 Å². The van der Waals surface area contributed by atoms with Gasteiger partial charge in [0.25, 0.3) is 11.1 Å². The van der Waals surface area contributed by atoms with Crippen LogP contribution in [0, 0.1) is 0 Å². The van der Waals surface area contributed by atoms with E-state index in [-0.39, 0.29) is 43.4 Å². The Balaban J connectivity index is 1.27. The smallest absolute Gasteiger partial charge is 0.293 e. The van der Waals surface area contributed by atoms with Crippen molar-refractivity contribution in [3.8, 4) is 17.2 Å². The van der Waals surface area contributed by atoms with Crippen LogP contribution in [0.25, 0.3) is 6.08 Å². The fraction of sp³-hybridized carbons (Fsp3) is 0.292. The van der Waals surface area contributed by atoms with Crippen LogP contribution < -0.4 is 19.5 Å². The van der Waals surface area contributed by atoms with Gasteiger partial charge in [0, 0.05) is 19.5 Å². The number of nitrogens with zero attached hydrogens (tertiary/aromatic N) is 1. The highest BCUT2D eigenvalue weighted by Crippen LogP contribution is 2.36. The number of hydrogen-bond donors (Lipinski definition) is 1. The molecule has 0 aliphatic carbocycles. The van der Waals surface area contributed by atoms with Crippen molar-refractivity contribution in [2.45, 2.75) is 19.8 Å². The third-order valence-corrected chi connectivity index (χ3v) is 6.03. The number of rotatable bonds is 9. The summed E-state index contributed by atoms with van der Waals surface area (Å²) in [5.41, 5.74) is 1.71. The summed E-state index contributed by atoms with van der Waals surface area (Å²) >= 11 is 0.882. The quantitative estimate of drug-likeness (QED) is 0.562. The second kappa shape index (κ2) is 10.4. The number of imide groups is 1. The number of thioether (sulfide) groups is 1. The number of carbonyl (C=O) groups is 3. The Morgan fingerprint density at radius 1 is 1.18 bits per heavy atom. The standard InChI is InChI=1S/C24H24N2O6S/c1-2-30-18-6-4-3-5-17(18)8-10-22(27)25-11-12-26-23(28)21(33-24(26)29)14-16-7-9-19-20(13-16)32-15-31-19/h3-7,9,13-14H,2,8,10-12,15H2,1H3,(H,25,27)/b21-14-. The molecule has 0 atom stereocenters. The summed E-state index contributed by atoms with van der Waals surface area (Å²) in [5, 5.41) is 2.43. The Kier molecular flexibility index (Phi) is 7.19. The van der Waals surface area contributed by atoms with Crippen molar-refractivity contribution < 1.29 is 28.6 Å². The van der Waals surface area contributed by atoms with Gasteiger partial charge in [-0.2, -0.15) is 0 Å². The maximum atomic E-state index is 12.7. The van der Waals surface area contributed by atoms with E-state index in [9.17, 15) is 14.4 Å². The van der Waals surface area contributed by atoms with Gasteiger partial charge in [0.05, 0.1) is 11.5 Å². The normalized spacial score (nSPS) is 15.9.